The minimum Gasteiger partial charge on any atom is -0.507 e. The molecule has 1 saturated carbocycles. The van der Waals surface area contributed by atoms with Gasteiger partial charge in [-0.05, 0) is 59.1 Å². The highest BCUT2D eigenvalue weighted by molar-refractivity contribution is 5.50. The lowest BCUT2D eigenvalue weighted by Gasteiger charge is -2.39. The first-order chi connectivity index (χ1) is 11.6. The van der Waals surface area contributed by atoms with E-state index in [-0.39, 0.29) is 10.8 Å². The molecule has 2 heteroatoms. The number of phenols is 1. The largest absolute Gasteiger partial charge is 0.507 e. The second-order valence-electron chi connectivity index (χ2n) is 10.3. The molecule has 2 aliphatic rings. The second kappa shape index (κ2) is 6.61. The Kier molecular flexibility index (Phi) is 4.96. The third-order valence-electron chi connectivity index (χ3n) is 6.21. The molecule has 2 atom stereocenters. The van der Waals surface area contributed by atoms with Gasteiger partial charge < -0.3 is 9.84 Å². The van der Waals surface area contributed by atoms with E-state index in [0.29, 0.717) is 17.8 Å². The van der Waals surface area contributed by atoms with Crippen LogP contribution in [0.15, 0.2) is 12.1 Å². The maximum atomic E-state index is 10.9. The molecule has 2 fully saturated rings. The van der Waals surface area contributed by atoms with Gasteiger partial charge in [0.25, 0.3) is 0 Å². The first-order valence-electron chi connectivity index (χ1n) is 10.1. The summed E-state index contributed by atoms with van der Waals surface area (Å²) in [4.78, 5) is 0. The lowest BCUT2D eigenvalue weighted by molar-refractivity contribution is -0.0514. The van der Waals surface area contributed by atoms with Crippen LogP contribution in [0.25, 0.3) is 0 Å². The lowest BCUT2D eigenvalue weighted by Crippen LogP contribution is -2.34. The average molecular weight is 345 g/mol. The first-order valence-corrected chi connectivity index (χ1v) is 10.1. The zero-order valence-corrected chi connectivity index (χ0v) is 17.0. The van der Waals surface area contributed by atoms with Crippen molar-refractivity contribution in [3.63, 3.8) is 0 Å². The lowest BCUT2D eigenvalue weighted by atomic mass is 9.75. The van der Waals surface area contributed by atoms with Gasteiger partial charge in [-0.1, -0.05) is 60.1 Å². The quantitative estimate of drug-likeness (QED) is 0.707. The molecule has 0 spiro atoms. The fourth-order valence-electron chi connectivity index (χ4n) is 4.25. The van der Waals surface area contributed by atoms with Crippen LogP contribution in [0.2, 0.25) is 0 Å². The van der Waals surface area contributed by atoms with Crippen molar-refractivity contribution in [1.82, 2.24) is 0 Å². The zero-order chi connectivity index (χ0) is 18.4. The van der Waals surface area contributed by atoms with Crippen molar-refractivity contribution in [2.75, 3.05) is 6.61 Å². The second-order valence-corrected chi connectivity index (χ2v) is 10.3. The maximum Gasteiger partial charge on any atom is 0.123 e. The Morgan fingerprint density at radius 2 is 1.44 bits per heavy atom. The van der Waals surface area contributed by atoms with E-state index in [4.69, 9.17) is 4.74 Å². The molecule has 1 aliphatic carbocycles. The van der Waals surface area contributed by atoms with Gasteiger partial charge in [0.1, 0.15) is 5.75 Å². The predicted octanol–water partition coefficient (Wildman–Crippen LogP) is 6.05. The number of hydrogen-bond acceptors (Lipinski definition) is 2. The van der Waals surface area contributed by atoms with Gasteiger partial charge in [0.15, 0.2) is 0 Å². The monoisotopic (exact) mass is 344 g/mol. The summed E-state index contributed by atoms with van der Waals surface area (Å²) in [6.45, 7) is 13.9. The molecule has 1 N–H and O–H groups in total. The van der Waals surface area contributed by atoms with Crippen molar-refractivity contribution in [2.24, 2.45) is 5.92 Å². The van der Waals surface area contributed by atoms with Crippen molar-refractivity contribution in [3.05, 3.63) is 28.8 Å². The molecular weight excluding hydrogens is 308 g/mol. The molecule has 2 nitrogen and oxygen atoms in total. The summed E-state index contributed by atoms with van der Waals surface area (Å²) in [5.74, 6) is 1.75. The molecule has 1 aliphatic heterocycles. The molecule has 0 bridgehead atoms. The molecular formula is C23H36O2. The van der Waals surface area contributed by atoms with E-state index >= 15 is 0 Å². The summed E-state index contributed by atoms with van der Waals surface area (Å²) < 4.78 is 6.27. The summed E-state index contributed by atoms with van der Waals surface area (Å²) in [6, 6.07) is 4.48. The van der Waals surface area contributed by atoms with Crippen molar-refractivity contribution in [2.45, 2.75) is 96.5 Å². The van der Waals surface area contributed by atoms with Crippen LogP contribution in [0.5, 0.6) is 5.75 Å². The molecule has 0 amide bonds. The Bertz CT molecular complexity index is 571. The summed E-state index contributed by atoms with van der Waals surface area (Å²) in [6.07, 6.45) is 6.99. The average Bonchev–Trinajstić information content (AvgIpc) is 2.44. The summed E-state index contributed by atoms with van der Waals surface area (Å²) >= 11 is 0. The zero-order valence-electron chi connectivity index (χ0n) is 17.0. The third kappa shape index (κ3) is 3.89. The van der Waals surface area contributed by atoms with Crippen molar-refractivity contribution in [1.29, 1.82) is 0 Å². The van der Waals surface area contributed by atoms with E-state index in [9.17, 15) is 5.11 Å². The van der Waals surface area contributed by atoms with E-state index in [2.05, 4.69) is 53.7 Å². The predicted molar refractivity (Wildman–Crippen MR) is 105 cm³/mol. The third-order valence-corrected chi connectivity index (χ3v) is 6.21. The van der Waals surface area contributed by atoms with Gasteiger partial charge in [0.2, 0.25) is 0 Å². The Morgan fingerprint density at radius 1 is 0.880 bits per heavy atom. The van der Waals surface area contributed by atoms with Crippen molar-refractivity contribution in [3.8, 4) is 5.75 Å². The van der Waals surface area contributed by atoms with Gasteiger partial charge >= 0.3 is 0 Å². The van der Waals surface area contributed by atoms with Gasteiger partial charge in [-0.25, -0.2) is 0 Å². The molecule has 1 heterocycles. The number of aromatic hydroxyl groups is 1. The molecule has 140 valence electrons. The van der Waals surface area contributed by atoms with E-state index in [0.717, 1.165) is 23.7 Å². The highest BCUT2D eigenvalue weighted by Crippen LogP contribution is 2.43. The van der Waals surface area contributed by atoms with Crippen LogP contribution in [0.4, 0.5) is 0 Å². The number of benzene rings is 1. The van der Waals surface area contributed by atoms with Crippen LogP contribution in [0.3, 0.4) is 0 Å². The van der Waals surface area contributed by atoms with Crippen LogP contribution in [-0.4, -0.2) is 17.8 Å². The molecule has 25 heavy (non-hydrogen) atoms. The molecule has 0 aromatic heterocycles. The molecule has 1 saturated heterocycles. The first kappa shape index (κ1) is 18.8. The minimum atomic E-state index is -0.0654. The van der Waals surface area contributed by atoms with Crippen LogP contribution in [-0.2, 0) is 15.6 Å². The Balaban J connectivity index is 1.88. The fourth-order valence-corrected chi connectivity index (χ4v) is 4.25. The smallest absolute Gasteiger partial charge is 0.123 e. The SMILES string of the molecule is CC(C)(C)c1cc(C2CCC(C3CCC3)OC2)cc(C(C)(C)C)c1O. The van der Waals surface area contributed by atoms with Gasteiger partial charge in [0.05, 0.1) is 12.7 Å². The standard InChI is InChI=1S/C23H36O2/c1-22(2,3)18-12-17(13-19(21(18)24)23(4,5)6)16-10-11-20(25-14-16)15-8-7-9-15/h12-13,15-16,20,24H,7-11,14H2,1-6H3. The molecule has 0 radical (unpaired) electrons. The van der Waals surface area contributed by atoms with Crippen LogP contribution in [0.1, 0.15) is 96.3 Å². The normalized spacial score (nSPS) is 25.7. The van der Waals surface area contributed by atoms with Crippen molar-refractivity contribution >= 4 is 0 Å². The van der Waals surface area contributed by atoms with Gasteiger partial charge in [-0.3, -0.25) is 0 Å². The number of phenolic OH excluding ortho intramolecular Hbond substituents is 1. The number of hydrogen-bond donors (Lipinski definition) is 1. The minimum absolute atomic E-state index is 0.0654. The number of ether oxygens (including phenoxy) is 1. The summed E-state index contributed by atoms with van der Waals surface area (Å²) in [5, 5.41) is 10.9. The van der Waals surface area contributed by atoms with Crippen molar-refractivity contribution < 1.29 is 9.84 Å². The molecule has 1 aromatic carbocycles. The molecule has 3 rings (SSSR count). The van der Waals surface area contributed by atoms with E-state index in [1.54, 1.807) is 0 Å². The van der Waals surface area contributed by atoms with Crippen LogP contribution >= 0.6 is 0 Å². The molecule has 2 unspecified atom stereocenters. The Morgan fingerprint density at radius 3 is 1.80 bits per heavy atom. The highest BCUT2D eigenvalue weighted by atomic mass is 16.5. The Hall–Kier alpha value is -1.02. The van der Waals surface area contributed by atoms with E-state index < -0.39 is 0 Å². The van der Waals surface area contributed by atoms with E-state index in [1.165, 1.54) is 37.7 Å². The molecule has 1 aromatic rings. The number of rotatable bonds is 2. The Labute approximate surface area is 154 Å². The van der Waals surface area contributed by atoms with Crippen LogP contribution in [0, 0.1) is 5.92 Å². The fraction of sp³-hybridized carbons (Fsp3) is 0.739. The maximum absolute atomic E-state index is 10.9. The highest BCUT2D eigenvalue weighted by Gasteiger charge is 2.34. The van der Waals surface area contributed by atoms with Gasteiger partial charge in [-0.2, -0.15) is 0 Å². The van der Waals surface area contributed by atoms with Gasteiger partial charge in [-0.15, -0.1) is 0 Å². The van der Waals surface area contributed by atoms with Crippen LogP contribution < -0.4 is 0 Å². The summed E-state index contributed by atoms with van der Waals surface area (Å²) in [7, 11) is 0. The van der Waals surface area contributed by atoms with Gasteiger partial charge in [0, 0.05) is 5.92 Å². The van der Waals surface area contributed by atoms with E-state index in [1.807, 2.05) is 0 Å². The topological polar surface area (TPSA) is 29.5 Å². The summed E-state index contributed by atoms with van der Waals surface area (Å²) in [5.41, 5.74) is 3.35.